The molecule has 5 heteroatoms. The zero-order chi connectivity index (χ0) is 14.9. The van der Waals surface area contributed by atoms with Gasteiger partial charge in [-0.25, -0.2) is 0 Å². The Hall–Kier alpha value is -0.430. The normalized spacial score (nSPS) is 16.3. The van der Waals surface area contributed by atoms with Crippen LogP contribution in [-0.2, 0) is 6.42 Å². The second-order valence-electron chi connectivity index (χ2n) is 5.59. The number of nitrogens with zero attached hydrogens (tertiary/aromatic N) is 2. The molecular formula is C17H28IN3S. The highest BCUT2D eigenvalue weighted by atomic mass is 127. The van der Waals surface area contributed by atoms with Gasteiger partial charge in [0.1, 0.15) is 0 Å². The van der Waals surface area contributed by atoms with E-state index in [1.165, 1.54) is 24.8 Å². The quantitative estimate of drug-likeness (QED) is 0.334. The number of halogens is 1. The minimum absolute atomic E-state index is 0. The molecule has 124 valence electrons. The molecule has 2 rings (SSSR count). The smallest absolute Gasteiger partial charge is 0.193 e. The summed E-state index contributed by atoms with van der Waals surface area (Å²) >= 11 is 1.87. The van der Waals surface area contributed by atoms with Crippen molar-refractivity contribution in [2.24, 2.45) is 10.9 Å². The lowest BCUT2D eigenvalue weighted by atomic mass is 9.90. The lowest BCUT2D eigenvalue weighted by molar-refractivity contribution is 0.259. The van der Waals surface area contributed by atoms with Crippen molar-refractivity contribution >= 4 is 41.7 Å². The van der Waals surface area contributed by atoms with Crippen LogP contribution in [0.3, 0.4) is 0 Å². The molecule has 0 aliphatic carbocycles. The van der Waals surface area contributed by atoms with Gasteiger partial charge in [0.05, 0.1) is 0 Å². The average Bonchev–Trinajstić information content (AvgIpc) is 2.54. The zero-order valence-corrected chi connectivity index (χ0v) is 16.8. The van der Waals surface area contributed by atoms with Crippen molar-refractivity contribution in [2.75, 3.05) is 38.7 Å². The molecule has 0 amide bonds. The van der Waals surface area contributed by atoms with Gasteiger partial charge < -0.3 is 10.2 Å². The van der Waals surface area contributed by atoms with Crippen LogP contribution in [0.25, 0.3) is 0 Å². The Morgan fingerprint density at radius 2 is 1.95 bits per heavy atom. The Bertz CT molecular complexity index is 431. The lowest BCUT2D eigenvalue weighted by Crippen LogP contribution is -2.46. The molecule has 1 N–H and O–H groups in total. The van der Waals surface area contributed by atoms with E-state index >= 15 is 0 Å². The van der Waals surface area contributed by atoms with Crippen molar-refractivity contribution in [2.45, 2.75) is 19.3 Å². The first-order valence-corrected chi connectivity index (χ1v) is 9.21. The van der Waals surface area contributed by atoms with E-state index in [0.29, 0.717) is 0 Å². The minimum Gasteiger partial charge on any atom is -0.355 e. The van der Waals surface area contributed by atoms with E-state index < -0.39 is 0 Å². The largest absolute Gasteiger partial charge is 0.355 e. The molecule has 0 aromatic heterocycles. The molecule has 1 fully saturated rings. The van der Waals surface area contributed by atoms with Crippen LogP contribution in [0.4, 0.5) is 0 Å². The summed E-state index contributed by atoms with van der Waals surface area (Å²) < 4.78 is 0. The van der Waals surface area contributed by atoms with Gasteiger partial charge >= 0.3 is 0 Å². The third-order valence-corrected chi connectivity index (χ3v) is 4.69. The van der Waals surface area contributed by atoms with E-state index in [2.05, 4.69) is 51.8 Å². The summed E-state index contributed by atoms with van der Waals surface area (Å²) in [4.78, 5) is 6.82. The van der Waals surface area contributed by atoms with Crippen LogP contribution in [0, 0.1) is 5.92 Å². The van der Waals surface area contributed by atoms with Crippen LogP contribution in [0.5, 0.6) is 0 Å². The average molecular weight is 433 g/mol. The van der Waals surface area contributed by atoms with Crippen LogP contribution in [-0.4, -0.2) is 49.6 Å². The van der Waals surface area contributed by atoms with Crippen LogP contribution in [0.15, 0.2) is 35.3 Å². The number of thioether (sulfide) groups is 1. The van der Waals surface area contributed by atoms with Crippen LogP contribution < -0.4 is 5.32 Å². The van der Waals surface area contributed by atoms with Gasteiger partial charge in [0.15, 0.2) is 5.96 Å². The number of likely N-dealkylation sites (tertiary alicyclic amines) is 1. The number of aliphatic imine (C=N–C) groups is 1. The van der Waals surface area contributed by atoms with Gasteiger partial charge in [0.25, 0.3) is 0 Å². The Morgan fingerprint density at radius 3 is 2.55 bits per heavy atom. The monoisotopic (exact) mass is 433 g/mol. The maximum absolute atomic E-state index is 4.41. The van der Waals surface area contributed by atoms with Crippen LogP contribution in [0.2, 0.25) is 0 Å². The fourth-order valence-electron chi connectivity index (χ4n) is 2.89. The summed E-state index contributed by atoms with van der Waals surface area (Å²) in [7, 11) is 1.89. The third kappa shape index (κ3) is 6.36. The van der Waals surface area contributed by atoms with Gasteiger partial charge in [-0.3, -0.25) is 4.99 Å². The zero-order valence-electron chi connectivity index (χ0n) is 13.6. The number of hydrogen-bond donors (Lipinski definition) is 1. The highest BCUT2D eigenvalue weighted by Gasteiger charge is 2.21. The fraction of sp³-hybridized carbons (Fsp3) is 0.588. The number of hydrogen-bond acceptors (Lipinski definition) is 2. The number of benzene rings is 1. The number of piperidine rings is 1. The molecule has 0 saturated carbocycles. The van der Waals surface area contributed by atoms with E-state index in [-0.39, 0.29) is 24.0 Å². The standard InChI is InChI=1S/C17H27N3S.HI/c1-18-17(19-10-13-21-2)20-11-8-16(9-12-20)14-15-6-4-3-5-7-15;/h3-7,16H,8-14H2,1-2H3,(H,18,19);1H. The van der Waals surface area contributed by atoms with Crippen molar-refractivity contribution in [1.29, 1.82) is 0 Å². The van der Waals surface area contributed by atoms with Gasteiger partial charge in [-0.05, 0) is 37.0 Å². The number of guanidine groups is 1. The molecule has 1 aliphatic heterocycles. The summed E-state index contributed by atoms with van der Waals surface area (Å²) in [5.74, 6) is 3.01. The maximum atomic E-state index is 4.41. The molecule has 0 atom stereocenters. The predicted octanol–water partition coefficient (Wildman–Crippen LogP) is 3.50. The molecule has 0 bridgehead atoms. The SMILES string of the molecule is CN=C(NCCSC)N1CCC(Cc2ccccc2)CC1.I. The molecule has 0 spiro atoms. The highest BCUT2D eigenvalue weighted by molar-refractivity contribution is 14.0. The second kappa shape index (κ2) is 11.2. The molecule has 1 aromatic carbocycles. The summed E-state index contributed by atoms with van der Waals surface area (Å²) in [5, 5.41) is 3.46. The number of nitrogens with one attached hydrogen (secondary N) is 1. The third-order valence-electron chi connectivity index (χ3n) is 4.08. The van der Waals surface area contributed by atoms with E-state index in [9.17, 15) is 0 Å². The highest BCUT2D eigenvalue weighted by Crippen LogP contribution is 2.21. The van der Waals surface area contributed by atoms with Gasteiger partial charge in [0, 0.05) is 32.4 Å². The summed E-state index contributed by atoms with van der Waals surface area (Å²) in [6, 6.07) is 10.9. The first-order valence-electron chi connectivity index (χ1n) is 7.82. The molecular weight excluding hydrogens is 405 g/mol. The summed E-state index contributed by atoms with van der Waals surface area (Å²) in [5.41, 5.74) is 1.47. The fourth-order valence-corrected chi connectivity index (χ4v) is 3.20. The molecule has 1 heterocycles. The maximum Gasteiger partial charge on any atom is 0.193 e. The van der Waals surface area contributed by atoms with Gasteiger partial charge in [0.2, 0.25) is 0 Å². The van der Waals surface area contributed by atoms with Crippen LogP contribution >= 0.6 is 35.7 Å². The predicted molar refractivity (Wildman–Crippen MR) is 110 cm³/mol. The van der Waals surface area contributed by atoms with Crippen molar-refractivity contribution in [3.63, 3.8) is 0 Å². The Labute approximate surface area is 156 Å². The first-order chi connectivity index (χ1) is 10.3. The van der Waals surface area contributed by atoms with Gasteiger partial charge in [-0.15, -0.1) is 24.0 Å². The molecule has 1 saturated heterocycles. The van der Waals surface area contributed by atoms with Crippen molar-refractivity contribution in [3.05, 3.63) is 35.9 Å². The Balaban J connectivity index is 0.00000242. The molecule has 1 aromatic rings. The summed E-state index contributed by atoms with van der Waals surface area (Å²) in [6.45, 7) is 3.24. The van der Waals surface area contributed by atoms with E-state index in [1.54, 1.807) is 0 Å². The molecule has 0 radical (unpaired) electrons. The Kier molecular flexibility index (Phi) is 9.95. The van der Waals surface area contributed by atoms with Crippen molar-refractivity contribution in [1.82, 2.24) is 10.2 Å². The van der Waals surface area contributed by atoms with Crippen molar-refractivity contribution < 1.29 is 0 Å². The van der Waals surface area contributed by atoms with Gasteiger partial charge in [-0.1, -0.05) is 30.3 Å². The topological polar surface area (TPSA) is 27.6 Å². The van der Waals surface area contributed by atoms with E-state index in [4.69, 9.17) is 0 Å². The second-order valence-corrected chi connectivity index (χ2v) is 6.57. The number of rotatable bonds is 5. The van der Waals surface area contributed by atoms with Crippen LogP contribution in [0.1, 0.15) is 18.4 Å². The first kappa shape index (κ1) is 19.6. The van der Waals surface area contributed by atoms with Gasteiger partial charge in [-0.2, -0.15) is 11.8 Å². The van der Waals surface area contributed by atoms with Crippen molar-refractivity contribution in [3.8, 4) is 0 Å². The minimum atomic E-state index is 0. The lowest BCUT2D eigenvalue weighted by Gasteiger charge is -2.34. The van der Waals surface area contributed by atoms with E-state index in [0.717, 1.165) is 37.3 Å². The summed E-state index contributed by atoms with van der Waals surface area (Å²) in [6.07, 6.45) is 5.88. The van der Waals surface area contributed by atoms with E-state index in [1.807, 2.05) is 18.8 Å². The molecule has 1 aliphatic rings. The molecule has 3 nitrogen and oxygen atoms in total. The molecule has 0 unspecified atom stereocenters. The Morgan fingerprint density at radius 1 is 1.27 bits per heavy atom. The molecule has 22 heavy (non-hydrogen) atoms.